The van der Waals surface area contributed by atoms with E-state index < -0.39 is 0 Å². The molecule has 0 saturated carbocycles. The van der Waals surface area contributed by atoms with Gasteiger partial charge in [0.1, 0.15) is 0 Å². The van der Waals surface area contributed by atoms with Crippen LogP contribution in [0.15, 0.2) is 11.4 Å². The van der Waals surface area contributed by atoms with Gasteiger partial charge in [-0.25, -0.2) is 0 Å². The van der Waals surface area contributed by atoms with Crippen LogP contribution in [0.5, 0.6) is 0 Å². The van der Waals surface area contributed by atoms with Gasteiger partial charge in [-0.2, -0.15) is 0 Å². The third kappa shape index (κ3) is 0.957. The summed E-state index contributed by atoms with van der Waals surface area (Å²) < 4.78 is 2.01. The molecule has 0 fully saturated rings. The molecule has 0 amide bonds. The second-order valence-corrected chi connectivity index (χ2v) is 5.06. The quantitative estimate of drug-likeness (QED) is 0.607. The average Bonchev–Trinajstić information content (AvgIpc) is 2.35. The van der Waals surface area contributed by atoms with Gasteiger partial charge in [0.15, 0.2) is 0 Å². The normalized spacial score (nSPS) is 11.0. The molecule has 0 spiro atoms. The van der Waals surface area contributed by atoms with Gasteiger partial charge in [-0.3, -0.25) is 0 Å². The number of halogens is 2. The molecular formula is C6H2Cl2S2. The average molecular weight is 209 g/mol. The molecule has 0 nitrogen and oxygen atoms in total. The molecule has 0 aliphatic heterocycles. The monoisotopic (exact) mass is 208 g/mol. The van der Waals surface area contributed by atoms with Gasteiger partial charge in [0.2, 0.25) is 0 Å². The van der Waals surface area contributed by atoms with Crippen molar-refractivity contribution in [1.29, 1.82) is 0 Å². The number of thiophene rings is 2. The van der Waals surface area contributed by atoms with Gasteiger partial charge in [0, 0.05) is 10.8 Å². The molecule has 0 saturated heterocycles. The molecule has 0 aliphatic rings. The van der Waals surface area contributed by atoms with Crippen molar-refractivity contribution in [3.63, 3.8) is 0 Å². The third-order valence-corrected chi connectivity index (χ3v) is 4.02. The summed E-state index contributed by atoms with van der Waals surface area (Å²) in [7, 11) is 0. The first-order valence-corrected chi connectivity index (χ1v) is 5.04. The Morgan fingerprint density at radius 2 is 2.10 bits per heavy atom. The van der Waals surface area contributed by atoms with E-state index in [2.05, 4.69) is 0 Å². The van der Waals surface area contributed by atoms with Crippen LogP contribution in [0.4, 0.5) is 0 Å². The fourth-order valence-corrected chi connectivity index (χ4v) is 3.51. The van der Waals surface area contributed by atoms with Gasteiger partial charge in [-0.15, -0.1) is 22.7 Å². The number of rotatable bonds is 0. The van der Waals surface area contributed by atoms with Crippen molar-refractivity contribution < 1.29 is 0 Å². The predicted molar refractivity (Wildman–Crippen MR) is 49.7 cm³/mol. The molecule has 0 N–H and O–H groups in total. The molecule has 0 aromatic carbocycles. The first kappa shape index (κ1) is 6.92. The van der Waals surface area contributed by atoms with Crippen LogP contribution in [-0.2, 0) is 0 Å². The van der Waals surface area contributed by atoms with Crippen LogP contribution < -0.4 is 0 Å². The lowest BCUT2D eigenvalue weighted by atomic mass is 10.4. The van der Waals surface area contributed by atoms with Crippen molar-refractivity contribution in [3.05, 3.63) is 20.8 Å². The summed E-state index contributed by atoms with van der Waals surface area (Å²) in [5.41, 5.74) is 0. The predicted octanol–water partition coefficient (Wildman–Crippen LogP) is 4.27. The van der Waals surface area contributed by atoms with Crippen LogP contribution >= 0.6 is 45.9 Å². The fourth-order valence-electron chi connectivity index (χ4n) is 0.768. The van der Waals surface area contributed by atoms with Crippen molar-refractivity contribution in [2.45, 2.75) is 0 Å². The first-order valence-electron chi connectivity index (χ1n) is 2.59. The van der Waals surface area contributed by atoms with Gasteiger partial charge in [-0.05, 0) is 6.07 Å². The van der Waals surface area contributed by atoms with E-state index in [1.807, 2.05) is 11.4 Å². The van der Waals surface area contributed by atoms with Gasteiger partial charge in [0.25, 0.3) is 0 Å². The summed E-state index contributed by atoms with van der Waals surface area (Å²) in [4.78, 5) is 0. The smallest absolute Gasteiger partial charge is 0.0950 e. The molecule has 0 radical (unpaired) electrons. The van der Waals surface area contributed by atoms with Crippen LogP contribution in [0.3, 0.4) is 0 Å². The van der Waals surface area contributed by atoms with Gasteiger partial charge in [-0.1, -0.05) is 23.2 Å². The van der Waals surface area contributed by atoms with Gasteiger partial charge >= 0.3 is 0 Å². The maximum Gasteiger partial charge on any atom is 0.0950 e. The highest BCUT2D eigenvalue weighted by Crippen LogP contribution is 2.38. The summed E-state index contributed by atoms with van der Waals surface area (Å²) >= 11 is 14.8. The largest absolute Gasteiger partial charge is 0.131 e. The molecule has 4 heteroatoms. The molecule has 0 bridgehead atoms. The first-order chi connectivity index (χ1) is 4.77. The van der Waals surface area contributed by atoms with Crippen LogP contribution in [0.25, 0.3) is 9.40 Å². The lowest BCUT2D eigenvalue weighted by molar-refractivity contribution is 2.08. The number of hydrogen-bond acceptors (Lipinski definition) is 2. The SMILES string of the molecule is Clc1cc2c(Cl)csc2s1. The highest BCUT2D eigenvalue weighted by Gasteiger charge is 2.04. The van der Waals surface area contributed by atoms with Crippen molar-refractivity contribution in [2.24, 2.45) is 0 Å². The van der Waals surface area contributed by atoms with Crippen LogP contribution in [0.2, 0.25) is 9.36 Å². The molecule has 2 aromatic rings. The fraction of sp³-hybridized carbons (Fsp3) is 0. The molecule has 0 atom stereocenters. The van der Waals surface area contributed by atoms with E-state index in [0.29, 0.717) is 0 Å². The standard InChI is InChI=1S/C6H2Cl2S2/c7-4-2-9-6-3(4)1-5(8)10-6/h1-2H. The summed E-state index contributed by atoms with van der Waals surface area (Å²) in [6.45, 7) is 0. The molecule has 2 rings (SSSR count). The van der Waals surface area contributed by atoms with E-state index in [4.69, 9.17) is 23.2 Å². The Morgan fingerprint density at radius 1 is 1.30 bits per heavy atom. The molecule has 0 aliphatic carbocycles. The number of hydrogen-bond donors (Lipinski definition) is 0. The lowest BCUT2D eigenvalue weighted by Gasteiger charge is -1.74. The Hall–Kier alpha value is 0.240. The molecule has 2 aromatic heterocycles. The molecule has 10 heavy (non-hydrogen) atoms. The summed E-state index contributed by atoms with van der Waals surface area (Å²) in [5, 5.41) is 3.82. The molecule has 2 heterocycles. The van der Waals surface area contributed by atoms with Crippen molar-refractivity contribution in [2.75, 3.05) is 0 Å². The molecule has 52 valence electrons. The Bertz CT molecular complexity index is 361. The number of fused-ring (bicyclic) bond motifs is 1. The Balaban J connectivity index is 2.90. The highest BCUT2D eigenvalue weighted by atomic mass is 35.5. The maximum atomic E-state index is 5.84. The van der Waals surface area contributed by atoms with E-state index in [1.165, 1.54) is 4.01 Å². The Morgan fingerprint density at radius 3 is 2.80 bits per heavy atom. The third-order valence-electron chi connectivity index (χ3n) is 1.19. The minimum atomic E-state index is 0.808. The van der Waals surface area contributed by atoms with Gasteiger partial charge < -0.3 is 0 Å². The molecule has 0 unspecified atom stereocenters. The van der Waals surface area contributed by atoms with Gasteiger partial charge in [0.05, 0.1) is 13.4 Å². The van der Waals surface area contributed by atoms with E-state index in [0.717, 1.165) is 14.7 Å². The van der Waals surface area contributed by atoms with E-state index in [1.54, 1.807) is 22.7 Å². The van der Waals surface area contributed by atoms with E-state index >= 15 is 0 Å². The van der Waals surface area contributed by atoms with Crippen molar-refractivity contribution in [3.8, 4) is 0 Å². The topological polar surface area (TPSA) is 0 Å². The summed E-state index contributed by atoms with van der Waals surface area (Å²) in [6, 6.07) is 1.90. The molecular weight excluding hydrogens is 207 g/mol. The second kappa shape index (κ2) is 2.38. The van der Waals surface area contributed by atoms with E-state index in [-0.39, 0.29) is 0 Å². The minimum Gasteiger partial charge on any atom is -0.131 e. The summed E-state index contributed by atoms with van der Waals surface area (Å²) in [5.74, 6) is 0. The Labute approximate surface area is 76.0 Å². The second-order valence-electron chi connectivity index (χ2n) is 1.84. The lowest BCUT2D eigenvalue weighted by Crippen LogP contribution is -1.47. The van der Waals surface area contributed by atoms with Crippen molar-refractivity contribution in [1.82, 2.24) is 0 Å². The maximum absolute atomic E-state index is 5.84. The zero-order valence-electron chi connectivity index (χ0n) is 4.73. The van der Waals surface area contributed by atoms with Crippen LogP contribution in [0.1, 0.15) is 0 Å². The minimum absolute atomic E-state index is 0.808. The highest BCUT2D eigenvalue weighted by molar-refractivity contribution is 7.39. The zero-order valence-corrected chi connectivity index (χ0v) is 7.87. The van der Waals surface area contributed by atoms with E-state index in [9.17, 15) is 0 Å². The van der Waals surface area contributed by atoms with Crippen LogP contribution in [-0.4, -0.2) is 0 Å². The van der Waals surface area contributed by atoms with Crippen LogP contribution in [0, 0.1) is 0 Å². The Kier molecular flexibility index (Phi) is 1.65. The van der Waals surface area contributed by atoms with Crippen molar-refractivity contribution >= 4 is 55.3 Å². The zero-order chi connectivity index (χ0) is 7.14. The summed E-state index contributed by atoms with van der Waals surface area (Å²) in [6.07, 6.45) is 0.